The number of nitrogens with zero attached hydrogens (tertiary/aromatic N) is 1. The van der Waals surface area contributed by atoms with E-state index in [2.05, 4.69) is 11.6 Å². The number of methoxy groups -OCH3 is 1. The van der Waals surface area contributed by atoms with Crippen LogP contribution in [-0.4, -0.2) is 28.2 Å². The number of H-pyrrole nitrogens is 1. The van der Waals surface area contributed by atoms with Crippen molar-refractivity contribution < 1.29 is 14.6 Å². The van der Waals surface area contributed by atoms with Gasteiger partial charge in [-0.25, -0.2) is 9.78 Å². The first-order valence-corrected chi connectivity index (χ1v) is 9.35. The average Bonchev–Trinajstić information content (AvgIpc) is 3.19. The Bertz CT molecular complexity index is 1150. The minimum Gasteiger partial charge on any atom is -0.483 e. The second-order valence-corrected chi connectivity index (χ2v) is 6.69. The van der Waals surface area contributed by atoms with E-state index in [1.54, 1.807) is 30.4 Å². The highest BCUT2D eigenvalue weighted by Gasteiger charge is 2.19. The minimum absolute atomic E-state index is 0.00262. The fourth-order valence-electron chi connectivity index (χ4n) is 2.90. The lowest BCUT2D eigenvalue weighted by atomic mass is 10.0. The fourth-order valence-corrected chi connectivity index (χ4v) is 3.10. The monoisotopic (exact) mass is 421 g/mol. The van der Waals surface area contributed by atoms with E-state index in [9.17, 15) is 9.90 Å². The fraction of sp³-hybridized carbons (Fsp3) is 0.0435. The molecule has 0 unspecified atom stereocenters. The smallest absolute Gasteiger partial charge is 0.337 e. The molecule has 152 valence electrons. The molecular formula is C23H20ClN3O3. The van der Waals surface area contributed by atoms with Crippen molar-refractivity contribution in [2.75, 3.05) is 7.11 Å². The molecule has 3 aromatic rings. The summed E-state index contributed by atoms with van der Waals surface area (Å²) in [6, 6.07) is 14.4. The molecule has 6 nitrogen and oxygen atoms in total. The molecule has 0 bridgehead atoms. The number of hydrogen-bond donors (Lipinski definition) is 3. The van der Waals surface area contributed by atoms with Crippen LogP contribution in [0.2, 0.25) is 5.02 Å². The van der Waals surface area contributed by atoms with Gasteiger partial charge in [-0.05, 0) is 12.1 Å². The summed E-state index contributed by atoms with van der Waals surface area (Å²) in [6.45, 7) is 3.75. The predicted molar refractivity (Wildman–Crippen MR) is 119 cm³/mol. The van der Waals surface area contributed by atoms with Gasteiger partial charge < -0.3 is 20.6 Å². The van der Waals surface area contributed by atoms with Gasteiger partial charge in [-0.1, -0.05) is 66.7 Å². The first-order chi connectivity index (χ1) is 14.4. The molecule has 7 heteroatoms. The van der Waals surface area contributed by atoms with E-state index in [4.69, 9.17) is 27.1 Å². The summed E-state index contributed by atoms with van der Waals surface area (Å²) in [5, 5.41) is 9.61. The van der Waals surface area contributed by atoms with Crippen LogP contribution >= 0.6 is 11.6 Å². The first-order valence-electron chi connectivity index (χ1n) is 8.97. The number of benzene rings is 2. The molecule has 0 spiro atoms. The standard InChI is InChI=1S/C23H20ClN3O3/c1-3-7-15(13-19(25)30-2)20-21(16-10-11-18(24)17(12-16)23(28)29)27-22(26-20)14-8-5-4-6-9-14/h3-13H,1,25H2,2H3,(H,26,27)(H,28,29)/b15-7+,19-13+. The van der Waals surface area contributed by atoms with Crippen molar-refractivity contribution in [2.45, 2.75) is 0 Å². The van der Waals surface area contributed by atoms with E-state index in [1.807, 2.05) is 30.3 Å². The Balaban J connectivity index is 2.27. The summed E-state index contributed by atoms with van der Waals surface area (Å²) < 4.78 is 5.08. The predicted octanol–water partition coefficient (Wildman–Crippen LogP) is 5.11. The third-order valence-electron chi connectivity index (χ3n) is 4.34. The molecule has 3 rings (SSSR count). The Morgan fingerprint density at radius 3 is 2.60 bits per heavy atom. The van der Waals surface area contributed by atoms with Crippen LogP contribution in [0.3, 0.4) is 0 Å². The highest BCUT2D eigenvalue weighted by molar-refractivity contribution is 6.33. The molecule has 0 aliphatic heterocycles. The molecule has 0 aliphatic rings. The molecule has 0 fully saturated rings. The van der Waals surface area contributed by atoms with Crippen LogP contribution in [0.4, 0.5) is 0 Å². The van der Waals surface area contributed by atoms with Gasteiger partial charge >= 0.3 is 5.97 Å². The third-order valence-corrected chi connectivity index (χ3v) is 4.67. The molecular weight excluding hydrogens is 402 g/mol. The average molecular weight is 422 g/mol. The number of carboxylic acids is 1. The summed E-state index contributed by atoms with van der Waals surface area (Å²) in [4.78, 5) is 19.6. The van der Waals surface area contributed by atoms with Gasteiger partial charge in [-0.3, -0.25) is 0 Å². The van der Waals surface area contributed by atoms with Crippen LogP contribution in [0, 0.1) is 0 Å². The number of hydrogen-bond acceptors (Lipinski definition) is 4. The molecule has 0 amide bonds. The van der Waals surface area contributed by atoms with Crippen molar-refractivity contribution in [3.8, 4) is 22.6 Å². The minimum atomic E-state index is -1.11. The number of carbonyl (C=O) groups is 1. The third kappa shape index (κ3) is 4.45. The number of allylic oxidation sites excluding steroid dienone is 4. The Labute approximate surface area is 179 Å². The Hall–Kier alpha value is -3.77. The van der Waals surface area contributed by atoms with Gasteiger partial charge in [0.2, 0.25) is 0 Å². The second-order valence-electron chi connectivity index (χ2n) is 6.28. The van der Waals surface area contributed by atoms with Gasteiger partial charge in [0.25, 0.3) is 0 Å². The lowest BCUT2D eigenvalue weighted by molar-refractivity contribution is 0.0697. The van der Waals surface area contributed by atoms with Gasteiger partial charge in [-0.2, -0.15) is 0 Å². The van der Waals surface area contributed by atoms with Crippen molar-refractivity contribution in [1.82, 2.24) is 9.97 Å². The quantitative estimate of drug-likeness (QED) is 0.363. The van der Waals surface area contributed by atoms with E-state index < -0.39 is 5.97 Å². The van der Waals surface area contributed by atoms with Crippen molar-refractivity contribution in [2.24, 2.45) is 5.73 Å². The number of carboxylic acid groups (broad SMARTS) is 1. The van der Waals surface area contributed by atoms with Crippen LogP contribution in [-0.2, 0) is 4.74 Å². The second kappa shape index (κ2) is 9.15. The number of halogens is 1. The number of aromatic nitrogens is 2. The molecule has 2 aromatic carbocycles. The van der Waals surface area contributed by atoms with Crippen molar-refractivity contribution >= 4 is 23.1 Å². The number of rotatable bonds is 7. The van der Waals surface area contributed by atoms with Crippen LogP contribution in [0.25, 0.3) is 28.2 Å². The van der Waals surface area contributed by atoms with Gasteiger partial charge in [0.05, 0.1) is 29.1 Å². The SMILES string of the molecule is C=C/C=C(\C=C(/N)OC)c1nc(-c2ccccc2)[nH]c1-c1ccc(Cl)c(C(=O)O)c1. The molecule has 0 atom stereocenters. The zero-order chi connectivity index (χ0) is 21.7. The summed E-state index contributed by atoms with van der Waals surface area (Å²) in [6.07, 6.45) is 4.98. The summed E-state index contributed by atoms with van der Waals surface area (Å²) in [5.74, 6) is -0.302. The molecule has 30 heavy (non-hydrogen) atoms. The van der Waals surface area contributed by atoms with Gasteiger partial charge in [0.1, 0.15) is 5.82 Å². The van der Waals surface area contributed by atoms with Crippen LogP contribution in [0.15, 0.2) is 79.2 Å². The van der Waals surface area contributed by atoms with Crippen molar-refractivity contribution in [1.29, 1.82) is 0 Å². The number of aromatic amines is 1. The van der Waals surface area contributed by atoms with Crippen LogP contribution < -0.4 is 5.73 Å². The zero-order valence-corrected chi connectivity index (χ0v) is 17.0. The zero-order valence-electron chi connectivity index (χ0n) is 16.2. The molecule has 1 aromatic heterocycles. The summed E-state index contributed by atoms with van der Waals surface area (Å²) in [7, 11) is 1.47. The highest BCUT2D eigenvalue weighted by Crippen LogP contribution is 2.33. The largest absolute Gasteiger partial charge is 0.483 e. The van der Waals surface area contributed by atoms with Gasteiger partial charge in [0.15, 0.2) is 5.88 Å². The Morgan fingerprint density at radius 1 is 1.23 bits per heavy atom. The van der Waals surface area contributed by atoms with Crippen molar-refractivity contribution in [3.05, 3.63) is 95.5 Å². The van der Waals surface area contributed by atoms with E-state index in [1.165, 1.54) is 13.2 Å². The lowest BCUT2D eigenvalue weighted by Gasteiger charge is -2.07. The first kappa shape index (κ1) is 21.0. The normalized spacial score (nSPS) is 11.9. The van der Waals surface area contributed by atoms with Crippen LogP contribution in [0.5, 0.6) is 0 Å². The Kier molecular flexibility index (Phi) is 6.39. The summed E-state index contributed by atoms with van der Waals surface area (Å²) in [5.41, 5.74) is 9.16. The molecule has 0 saturated heterocycles. The van der Waals surface area contributed by atoms with Crippen molar-refractivity contribution in [3.63, 3.8) is 0 Å². The number of ether oxygens (including phenoxy) is 1. The Morgan fingerprint density at radius 2 is 1.97 bits per heavy atom. The van der Waals surface area contributed by atoms with E-state index in [-0.39, 0.29) is 16.5 Å². The number of nitrogens with two attached hydrogens (primary N) is 1. The topological polar surface area (TPSA) is 101 Å². The van der Waals surface area contributed by atoms with E-state index in [0.29, 0.717) is 28.3 Å². The molecule has 1 heterocycles. The number of aromatic carboxylic acids is 1. The van der Waals surface area contributed by atoms with E-state index in [0.717, 1.165) is 5.56 Å². The molecule has 0 radical (unpaired) electrons. The number of imidazole rings is 1. The summed E-state index contributed by atoms with van der Waals surface area (Å²) >= 11 is 6.05. The maximum Gasteiger partial charge on any atom is 0.337 e. The molecule has 0 aliphatic carbocycles. The number of nitrogens with one attached hydrogen (secondary N) is 1. The maximum atomic E-state index is 11.6. The van der Waals surface area contributed by atoms with Gasteiger partial charge in [0, 0.05) is 22.8 Å². The lowest BCUT2D eigenvalue weighted by Crippen LogP contribution is -2.00. The maximum absolute atomic E-state index is 11.6. The molecule has 0 saturated carbocycles. The molecule has 4 N–H and O–H groups in total. The van der Waals surface area contributed by atoms with Gasteiger partial charge in [-0.15, -0.1) is 0 Å². The van der Waals surface area contributed by atoms with E-state index >= 15 is 0 Å². The highest BCUT2D eigenvalue weighted by atomic mass is 35.5. The van der Waals surface area contributed by atoms with Crippen LogP contribution in [0.1, 0.15) is 16.1 Å².